The second-order valence-electron chi connectivity index (χ2n) is 4.48. The highest BCUT2D eigenvalue weighted by Gasteiger charge is 2.10. The quantitative estimate of drug-likeness (QED) is 0.632. The zero-order valence-corrected chi connectivity index (χ0v) is 11.6. The van der Waals surface area contributed by atoms with E-state index in [1.54, 1.807) is 6.20 Å². The van der Waals surface area contributed by atoms with Crippen molar-refractivity contribution in [2.45, 2.75) is 5.88 Å². The minimum atomic E-state index is -0.702. The summed E-state index contributed by atoms with van der Waals surface area (Å²) in [6.07, 6.45) is 1.60. The number of ether oxygens (including phenoxy) is 1. The van der Waals surface area contributed by atoms with E-state index in [1.165, 1.54) is 0 Å². The first-order valence-electron chi connectivity index (χ1n) is 6.24. The summed E-state index contributed by atoms with van der Waals surface area (Å²) in [6, 6.07) is 10.4. The third kappa shape index (κ3) is 2.81. The number of fused-ring (bicyclic) bond motifs is 1. The summed E-state index contributed by atoms with van der Waals surface area (Å²) in [4.78, 5) is 4.18. The van der Waals surface area contributed by atoms with Gasteiger partial charge in [-0.1, -0.05) is 18.2 Å². The molecule has 3 aromatic rings. The van der Waals surface area contributed by atoms with Crippen LogP contribution in [0, 0.1) is 11.6 Å². The molecular weight excluding hydrogens is 296 g/mol. The van der Waals surface area contributed by atoms with Gasteiger partial charge in [-0.25, -0.2) is 13.8 Å². The molecule has 0 aliphatic carbocycles. The van der Waals surface area contributed by atoms with E-state index in [0.29, 0.717) is 5.88 Å². The number of nitrogens with zero attached hydrogens (tertiary/aromatic N) is 1. The summed E-state index contributed by atoms with van der Waals surface area (Å²) in [6.45, 7) is 0. The lowest BCUT2D eigenvalue weighted by Gasteiger charge is -2.10. The summed E-state index contributed by atoms with van der Waals surface area (Å²) in [5, 5.41) is 1.63. The Kier molecular flexibility index (Phi) is 3.71. The molecule has 3 rings (SSSR count). The SMILES string of the molecule is Fc1cc(F)cc(Oc2ncc(CCl)c3ccccc23)c1. The number of hydrogen-bond acceptors (Lipinski definition) is 2. The van der Waals surface area contributed by atoms with Crippen molar-refractivity contribution in [2.24, 2.45) is 0 Å². The van der Waals surface area contributed by atoms with E-state index in [9.17, 15) is 8.78 Å². The first-order valence-corrected chi connectivity index (χ1v) is 6.77. The minimum absolute atomic E-state index is 0.0591. The van der Waals surface area contributed by atoms with Gasteiger partial charge in [0.2, 0.25) is 5.88 Å². The van der Waals surface area contributed by atoms with Gasteiger partial charge in [0.05, 0.1) is 0 Å². The summed E-state index contributed by atoms with van der Waals surface area (Å²) in [7, 11) is 0. The van der Waals surface area contributed by atoms with Gasteiger partial charge in [-0.05, 0) is 17.0 Å². The van der Waals surface area contributed by atoms with E-state index < -0.39 is 11.6 Å². The van der Waals surface area contributed by atoms with Gasteiger partial charge < -0.3 is 4.74 Å². The molecule has 21 heavy (non-hydrogen) atoms. The predicted octanol–water partition coefficient (Wildman–Crippen LogP) is 5.04. The maximum atomic E-state index is 13.2. The molecule has 0 bridgehead atoms. The fraction of sp³-hybridized carbons (Fsp3) is 0.0625. The second-order valence-corrected chi connectivity index (χ2v) is 4.74. The average molecular weight is 306 g/mol. The molecule has 0 aliphatic heterocycles. The maximum absolute atomic E-state index is 13.2. The Morgan fingerprint density at radius 3 is 2.33 bits per heavy atom. The molecule has 0 aliphatic rings. The molecule has 106 valence electrons. The van der Waals surface area contributed by atoms with E-state index in [4.69, 9.17) is 16.3 Å². The number of pyridine rings is 1. The van der Waals surface area contributed by atoms with Gasteiger partial charge in [0.1, 0.15) is 17.4 Å². The number of alkyl halides is 1. The van der Waals surface area contributed by atoms with Crippen LogP contribution in [0.5, 0.6) is 11.6 Å². The van der Waals surface area contributed by atoms with Crippen LogP contribution in [0.2, 0.25) is 0 Å². The first kappa shape index (κ1) is 13.8. The fourth-order valence-corrected chi connectivity index (χ4v) is 2.33. The lowest BCUT2D eigenvalue weighted by atomic mass is 10.1. The van der Waals surface area contributed by atoms with Crippen molar-refractivity contribution in [1.82, 2.24) is 4.98 Å². The van der Waals surface area contributed by atoms with E-state index in [-0.39, 0.29) is 11.6 Å². The van der Waals surface area contributed by atoms with Crippen LogP contribution in [0.25, 0.3) is 10.8 Å². The van der Waals surface area contributed by atoms with E-state index in [2.05, 4.69) is 4.98 Å². The third-order valence-electron chi connectivity index (χ3n) is 3.04. The molecule has 2 aromatic carbocycles. The molecule has 1 heterocycles. The third-order valence-corrected chi connectivity index (χ3v) is 3.32. The van der Waals surface area contributed by atoms with Crippen molar-refractivity contribution in [3.05, 3.63) is 65.9 Å². The largest absolute Gasteiger partial charge is 0.438 e. The van der Waals surface area contributed by atoms with Gasteiger partial charge in [-0.3, -0.25) is 0 Å². The van der Waals surface area contributed by atoms with E-state index in [0.717, 1.165) is 34.5 Å². The van der Waals surface area contributed by atoms with Crippen LogP contribution < -0.4 is 4.74 Å². The number of rotatable bonds is 3. The average Bonchev–Trinajstić information content (AvgIpc) is 2.46. The van der Waals surface area contributed by atoms with Crippen molar-refractivity contribution < 1.29 is 13.5 Å². The van der Waals surface area contributed by atoms with Gasteiger partial charge in [-0.2, -0.15) is 0 Å². The molecule has 0 unspecified atom stereocenters. The predicted molar refractivity (Wildman–Crippen MR) is 77.7 cm³/mol. The van der Waals surface area contributed by atoms with Gasteiger partial charge in [-0.15, -0.1) is 11.6 Å². The van der Waals surface area contributed by atoms with Crippen LogP contribution in [-0.2, 0) is 5.88 Å². The molecule has 0 radical (unpaired) electrons. The van der Waals surface area contributed by atoms with Gasteiger partial charge in [0, 0.05) is 35.7 Å². The standard InChI is InChI=1S/C16H10ClF2NO/c17-8-10-9-20-16(15-4-2-1-3-14(10)15)21-13-6-11(18)5-12(19)7-13/h1-7,9H,8H2. The Balaban J connectivity index is 2.09. The zero-order valence-electron chi connectivity index (χ0n) is 10.8. The van der Waals surface area contributed by atoms with Crippen LogP contribution >= 0.6 is 11.6 Å². The molecule has 2 nitrogen and oxygen atoms in total. The van der Waals surface area contributed by atoms with Crippen molar-refractivity contribution in [3.63, 3.8) is 0 Å². The number of halogens is 3. The molecule has 0 spiro atoms. The molecule has 0 atom stereocenters. The van der Waals surface area contributed by atoms with Crippen LogP contribution in [0.3, 0.4) is 0 Å². The second kappa shape index (κ2) is 5.66. The summed E-state index contributed by atoms with van der Waals surface area (Å²) in [5.74, 6) is -0.742. The van der Waals surface area contributed by atoms with Crippen LogP contribution in [0.1, 0.15) is 5.56 Å². The van der Waals surface area contributed by atoms with Crippen molar-refractivity contribution in [2.75, 3.05) is 0 Å². The molecule has 0 amide bonds. The highest BCUT2D eigenvalue weighted by molar-refractivity contribution is 6.18. The minimum Gasteiger partial charge on any atom is -0.438 e. The fourth-order valence-electron chi connectivity index (χ4n) is 2.11. The van der Waals surface area contributed by atoms with E-state index >= 15 is 0 Å². The number of benzene rings is 2. The van der Waals surface area contributed by atoms with E-state index in [1.807, 2.05) is 24.3 Å². The Morgan fingerprint density at radius 2 is 1.67 bits per heavy atom. The van der Waals surface area contributed by atoms with Crippen LogP contribution in [-0.4, -0.2) is 4.98 Å². The molecule has 0 N–H and O–H groups in total. The molecule has 1 aromatic heterocycles. The summed E-state index contributed by atoms with van der Waals surface area (Å²) < 4.78 is 31.9. The van der Waals surface area contributed by atoms with Gasteiger partial charge in [0.25, 0.3) is 0 Å². The highest BCUT2D eigenvalue weighted by atomic mass is 35.5. The number of hydrogen-bond donors (Lipinski definition) is 0. The van der Waals surface area contributed by atoms with Crippen molar-refractivity contribution in [3.8, 4) is 11.6 Å². The van der Waals surface area contributed by atoms with Crippen molar-refractivity contribution >= 4 is 22.4 Å². The number of aromatic nitrogens is 1. The topological polar surface area (TPSA) is 22.1 Å². The van der Waals surface area contributed by atoms with Crippen molar-refractivity contribution in [1.29, 1.82) is 0 Å². The Hall–Kier alpha value is -2.20. The maximum Gasteiger partial charge on any atom is 0.227 e. The Morgan fingerprint density at radius 1 is 1.00 bits per heavy atom. The molecule has 0 saturated carbocycles. The van der Waals surface area contributed by atoms with Crippen LogP contribution in [0.4, 0.5) is 8.78 Å². The molecular formula is C16H10ClF2NO. The lowest BCUT2D eigenvalue weighted by Crippen LogP contribution is -1.93. The first-order chi connectivity index (χ1) is 10.2. The summed E-state index contributed by atoms with van der Waals surface area (Å²) >= 11 is 5.88. The van der Waals surface area contributed by atoms with Gasteiger partial charge >= 0.3 is 0 Å². The zero-order chi connectivity index (χ0) is 14.8. The van der Waals surface area contributed by atoms with Crippen LogP contribution in [0.15, 0.2) is 48.7 Å². The molecule has 0 saturated heterocycles. The normalized spacial score (nSPS) is 10.8. The summed E-state index contributed by atoms with van der Waals surface area (Å²) in [5.41, 5.74) is 0.866. The van der Waals surface area contributed by atoms with Gasteiger partial charge in [0.15, 0.2) is 0 Å². The highest BCUT2D eigenvalue weighted by Crippen LogP contribution is 2.30. The Bertz CT molecular complexity index is 787. The molecule has 5 heteroatoms. The molecule has 0 fully saturated rings. The Labute approximate surface area is 125 Å². The lowest BCUT2D eigenvalue weighted by molar-refractivity contribution is 0.456. The monoisotopic (exact) mass is 305 g/mol. The smallest absolute Gasteiger partial charge is 0.227 e.